The minimum Gasteiger partial charge on any atom is -0.488 e. The molecule has 0 bridgehead atoms. The molecule has 28 heavy (non-hydrogen) atoms. The number of aryl methyl sites for hydroxylation is 1. The number of ether oxygens (including phenoxy) is 3. The Morgan fingerprint density at radius 3 is 2.82 bits per heavy atom. The Balaban J connectivity index is 1.24. The van der Waals surface area contributed by atoms with E-state index < -0.39 is 6.10 Å². The van der Waals surface area contributed by atoms with Gasteiger partial charge in [-0.15, -0.1) is 5.10 Å². The Hall–Kier alpha value is -2.48. The predicted molar refractivity (Wildman–Crippen MR) is 99.7 cm³/mol. The highest BCUT2D eigenvalue weighted by molar-refractivity contribution is 5.47. The SMILES string of the molecule is CCCc1nnc(N2C[C@H]3C[C@@H](Oc4ccc5c(c4)OCO5)[C@H](O)C[C@H]3C2)o1. The smallest absolute Gasteiger partial charge is 0.318 e. The van der Waals surface area contributed by atoms with Crippen molar-refractivity contribution in [3.05, 3.63) is 24.1 Å². The second kappa shape index (κ2) is 7.16. The van der Waals surface area contributed by atoms with Gasteiger partial charge in [-0.25, -0.2) is 0 Å². The summed E-state index contributed by atoms with van der Waals surface area (Å²) in [5.41, 5.74) is 0. The van der Waals surface area contributed by atoms with Crippen LogP contribution in [0.25, 0.3) is 0 Å². The average molecular weight is 387 g/mol. The summed E-state index contributed by atoms with van der Waals surface area (Å²) in [4.78, 5) is 2.15. The Morgan fingerprint density at radius 1 is 1.14 bits per heavy atom. The number of aliphatic hydroxyl groups excluding tert-OH is 1. The van der Waals surface area contributed by atoms with Crippen molar-refractivity contribution in [2.45, 2.75) is 44.8 Å². The number of hydrogen-bond acceptors (Lipinski definition) is 8. The Kier molecular flexibility index (Phi) is 4.50. The molecule has 3 aliphatic rings. The topological polar surface area (TPSA) is 90.1 Å². The van der Waals surface area contributed by atoms with E-state index in [0.717, 1.165) is 38.1 Å². The van der Waals surface area contributed by atoms with Gasteiger partial charge in [0.15, 0.2) is 11.5 Å². The molecule has 1 saturated carbocycles. The van der Waals surface area contributed by atoms with Crippen LogP contribution < -0.4 is 19.1 Å². The predicted octanol–water partition coefficient (Wildman–Crippen LogP) is 2.41. The van der Waals surface area contributed by atoms with E-state index in [9.17, 15) is 5.11 Å². The van der Waals surface area contributed by atoms with Crippen LogP contribution in [0, 0.1) is 11.8 Å². The summed E-state index contributed by atoms with van der Waals surface area (Å²) in [6, 6.07) is 6.13. The number of hydrogen-bond donors (Lipinski definition) is 1. The van der Waals surface area contributed by atoms with Gasteiger partial charge in [0.1, 0.15) is 11.9 Å². The maximum absolute atomic E-state index is 10.7. The minimum absolute atomic E-state index is 0.236. The molecule has 2 fully saturated rings. The lowest BCUT2D eigenvalue weighted by Gasteiger charge is -2.35. The van der Waals surface area contributed by atoms with Crippen LogP contribution in [0.15, 0.2) is 22.6 Å². The van der Waals surface area contributed by atoms with E-state index in [2.05, 4.69) is 22.0 Å². The summed E-state index contributed by atoms with van der Waals surface area (Å²) >= 11 is 0. The first-order valence-corrected chi connectivity index (χ1v) is 10.0. The van der Waals surface area contributed by atoms with Gasteiger partial charge >= 0.3 is 6.01 Å². The second-order valence-corrected chi connectivity index (χ2v) is 7.86. The number of benzene rings is 1. The van der Waals surface area contributed by atoms with E-state index in [1.165, 1.54) is 0 Å². The number of nitrogens with zero attached hydrogens (tertiary/aromatic N) is 3. The van der Waals surface area contributed by atoms with Gasteiger partial charge < -0.3 is 28.6 Å². The Morgan fingerprint density at radius 2 is 1.96 bits per heavy atom. The highest BCUT2D eigenvalue weighted by Gasteiger charge is 2.44. The van der Waals surface area contributed by atoms with Gasteiger partial charge in [0.05, 0.1) is 6.10 Å². The van der Waals surface area contributed by atoms with Crippen molar-refractivity contribution in [2.24, 2.45) is 11.8 Å². The first-order chi connectivity index (χ1) is 13.7. The number of fused-ring (bicyclic) bond motifs is 2. The average Bonchev–Trinajstić information content (AvgIpc) is 3.41. The summed E-state index contributed by atoms with van der Waals surface area (Å²) in [5, 5.41) is 19.0. The molecule has 1 saturated heterocycles. The molecule has 0 unspecified atom stereocenters. The van der Waals surface area contributed by atoms with Gasteiger partial charge in [-0.3, -0.25) is 0 Å². The van der Waals surface area contributed by atoms with Crippen LogP contribution in [0.3, 0.4) is 0 Å². The molecule has 3 heterocycles. The molecule has 5 rings (SSSR count). The molecule has 8 nitrogen and oxygen atoms in total. The molecule has 8 heteroatoms. The van der Waals surface area contributed by atoms with Crippen LogP contribution in [0.2, 0.25) is 0 Å². The zero-order chi connectivity index (χ0) is 19.1. The third-order valence-electron chi connectivity index (χ3n) is 5.91. The zero-order valence-electron chi connectivity index (χ0n) is 15.9. The molecular weight excluding hydrogens is 362 g/mol. The fraction of sp³-hybridized carbons (Fsp3) is 0.600. The largest absolute Gasteiger partial charge is 0.488 e. The van der Waals surface area contributed by atoms with Crippen LogP contribution in [0.5, 0.6) is 17.2 Å². The van der Waals surface area contributed by atoms with Crippen LogP contribution in [-0.2, 0) is 6.42 Å². The van der Waals surface area contributed by atoms with Crippen molar-refractivity contribution in [3.8, 4) is 17.2 Å². The molecule has 0 spiro atoms. The summed E-state index contributed by atoms with van der Waals surface area (Å²) in [7, 11) is 0. The van der Waals surface area contributed by atoms with E-state index in [0.29, 0.717) is 41.7 Å². The van der Waals surface area contributed by atoms with Crippen LogP contribution in [-0.4, -0.2) is 47.4 Å². The van der Waals surface area contributed by atoms with E-state index in [-0.39, 0.29) is 12.9 Å². The molecule has 0 amide bonds. The fourth-order valence-corrected chi connectivity index (χ4v) is 4.49. The van der Waals surface area contributed by atoms with Crippen molar-refractivity contribution >= 4 is 6.01 Å². The van der Waals surface area contributed by atoms with E-state index >= 15 is 0 Å². The summed E-state index contributed by atoms with van der Waals surface area (Å²) < 4.78 is 22.7. The van der Waals surface area contributed by atoms with Gasteiger partial charge in [0.2, 0.25) is 12.7 Å². The molecule has 1 aromatic heterocycles. The third-order valence-corrected chi connectivity index (χ3v) is 5.91. The molecule has 1 N–H and O–H groups in total. The standard InChI is InChI=1S/C20H25N3O5/c1-2-3-19-21-22-20(28-19)23-9-12-6-15(24)17(7-13(12)10-23)27-14-4-5-16-18(8-14)26-11-25-16/h4-5,8,12-13,15,17,24H,2-3,6-7,9-11H2,1H3/t12-,13+,15+,17+/m0/s1. The van der Waals surface area contributed by atoms with Crippen LogP contribution >= 0.6 is 0 Å². The monoisotopic (exact) mass is 387 g/mol. The minimum atomic E-state index is -0.495. The maximum atomic E-state index is 10.7. The van der Waals surface area contributed by atoms with Gasteiger partial charge in [0, 0.05) is 25.6 Å². The highest BCUT2D eigenvalue weighted by atomic mass is 16.7. The summed E-state index contributed by atoms with van der Waals surface area (Å²) in [5.74, 6) is 3.65. The van der Waals surface area contributed by atoms with Gasteiger partial charge in [-0.05, 0) is 43.2 Å². The van der Waals surface area contributed by atoms with Crippen molar-refractivity contribution in [3.63, 3.8) is 0 Å². The van der Waals surface area contributed by atoms with Gasteiger partial charge in [-0.1, -0.05) is 12.0 Å². The lowest BCUT2D eigenvalue weighted by Crippen LogP contribution is -2.42. The first-order valence-electron chi connectivity index (χ1n) is 10.0. The maximum Gasteiger partial charge on any atom is 0.318 e. The number of aliphatic hydroxyl groups is 1. The van der Waals surface area contributed by atoms with Crippen molar-refractivity contribution in [1.29, 1.82) is 0 Å². The number of rotatable bonds is 5. The summed E-state index contributed by atoms with van der Waals surface area (Å²) in [6.45, 7) is 4.02. The quantitative estimate of drug-likeness (QED) is 0.837. The summed E-state index contributed by atoms with van der Waals surface area (Å²) in [6.07, 6.45) is 2.57. The van der Waals surface area contributed by atoms with E-state index in [1.54, 1.807) is 0 Å². The molecule has 1 aliphatic carbocycles. The normalized spacial score (nSPS) is 28.4. The van der Waals surface area contributed by atoms with Crippen molar-refractivity contribution < 1.29 is 23.7 Å². The molecular formula is C20H25N3O5. The fourth-order valence-electron chi connectivity index (χ4n) is 4.49. The molecule has 0 radical (unpaired) electrons. The van der Waals surface area contributed by atoms with Crippen LogP contribution in [0.1, 0.15) is 32.1 Å². The lowest BCUT2D eigenvalue weighted by molar-refractivity contribution is -0.0232. The van der Waals surface area contributed by atoms with Crippen molar-refractivity contribution in [1.82, 2.24) is 10.2 Å². The number of anilines is 1. The van der Waals surface area contributed by atoms with Gasteiger partial charge in [-0.2, -0.15) is 0 Å². The van der Waals surface area contributed by atoms with Gasteiger partial charge in [0.25, 0.3) is 0 Å². The van der Waals surface area contributed by atoms with Crippen molar-refractivity contribution in [2.75, 3.05) is 24.8 Å². The molecule has 150 valence electrons. The second-order valence-electron chi connectivity index (χ2n) is 7.86. The molecule has 1 aromatic carbocycles. The van der Waals surface area contributed by atoms with E-state index in [4.69, 9.17) is 18.6 Å². The zero-order valence-corrected chi connectivity index (χ0v) is 15.9. The Labute approximate surface area is 163 Å². The molecule has 2 aliphatic heterocycles. The third kappa shape index (κ3) is 3.26. The lowest BCUT2D eigenvalue weighted by atomic mass is 9.78. The van der Waals surface area contributed by atoms with Crippen LogP contribution in [0.4, 0.5) is 6.01 Å². The first kappa shape index (κ1) is 17.6. The molecule has 4 atom stereocenters. The Bertz CT molecular complexity index is 841. The number of aromatic nitrogens is 2. The molecule has 2 aromatic rings. The van der Waals surface area contributed by atoms with E-state index in [1.807, 2.05) is 18.2 Å². The highest BCUT2D eigenvalue weighted by Crippen LogP contribution is 2.41.